The van der Waals surface area contributed by atoms with Crippen LogP contribution in [0.2, 0.25) is 0 Å². The summed E-state index contributed by atoms with van der Waals surface area (Å²) in [5.41, 5.74) is 3.61. The third-order valence-electron chi connectivity index (χ3n) is 3.86. The van der Waals surface area contributed by atoms with Crippen LogP contribution < -0.4 is 0 Å². The van der Waals surface area contributed by atoms with Crippen molar-refractivity contribution in [2.75, 3.05) is 0 Å². The first-order valence-electron chi connectivity index (χ1n) is 7.92. The highest BCUT2D eigenvalue weighted by atomic mass is 19.1. The predicted molar refractivity (Wildman–Crippen MR) is 86.8 cm³/mol. The first-order valence-corrected chi connectivity index (χ1v) is 7.92. The molecule has 2 rings (SSSR count). The molecule has 0 aliphatic heterocycles. The molecule has 0 spiro atoms. The van der Waals surface area contributed by atoms with Crippen molar-refractivity contribution in [3.8, 4) is 11.3 Å². The lowest BCUT2D eigenvalue weighted by molar-refractivity contribution is 0.619. The van der Waals surface area contributed by atoms with E-state index in [9.17, 15) is 4.39 Å². The highest BCUT2D eigenvalue weighted by molar-refractivity contribution is 5.59. The Bertz CT molecular complexity index is 560. The van der Waals surface area contributed by atoms with Crippen LogP contribution in [0.25, 0.3) is 11.3 Å². The molecular weight excluding hydrogens is 261 g/mol. The second kappa shape index (κ2) is 7.92. The highest BCUT2D eigenvalue weighted by Crippen LogP contribution is 2.20. The van der Waals surface area contributed by atoms with Gasteiger partial charge >= 0.3 is 0 Å². The molecule has 0 fully saturated rings. The van der Waals surface area contributed by atoms with E-state index in [0.717, 1.165) is 17.7 Å². The molecule has 0 saturated heterocycles. The SMILES string of the molecule is CCCCCCCc1ccc(-c2ccc(C)c(F)c2)nc1. The third-order valence-corrected chi connectivity index (χ3v) is 3.86. The summed E-state index contributed by atoms with van der Waals surface area (Å²) in [6.45, 7) is 4.00. The van der Waals surface area contributed by atoms with E-state index in [0.29, 0.717) is 5.56 Å². The number of nitrogens with zero attached hydrogens (tertiary/aromatic N) is 1. The van der Waals surface area contributed by atoms with Gasteiger partial charge in [-0.15, -0.1) is 0 Å². The molecule has 0 unspecified atom stereocenters. The molecule has 112 valence electrons. The lowest BCUT2D eigenvalue weighted by Crippen LogP contribution is -1.91. The van der Waals surface area contributed by atoms with Crippen LogP contribution in [0.5, 0.6) is 0 Å². The number of aromatic nitrogens is 1. The normalized spacial score (nSPS) is 10.8. The molecule has 1 aromatic carbocycles. The summed E-state index contributed by atoms with van der Waals surface area (Å²) in [7, 11) is 0. The Balaban J connectivity index is 1.93. The van der Waals surface area contributed by atoms with Crippen LogP contribution in [0.1, 0.15) is 50.2 Å². The number of unbranched alkanes of at least 4 members (excludes halogenated alkanes) is 4. The maximum Gasteiger partial charge on any atom is 0.126 e. The van der Waals surface area contributed by atoms with Gasteiger partial charge in [-0.05, 0) is 43.0 Å². The Morgan fingerprint density at radius 2 is 1.81 bits per heavy atom. The van der Waals surface area contributed by atoms with Gasteiger partial charge in [0.05, 0.1) is 5.69 Å². The fraction of sp³-hybridized carbons (Fsp3) is 0.421. The van der Waals surface area contributed by atoms with E-state index in [1.807, 2.05) is 18.3 Å². The van der Waals surface area contributed by atoms with Crippen LogP contribution in [-0.2, 0) is 6.42 Å². The summed E-state index contributed by atoms with van der Waals surface area (Å²) >= 11 is 0. The van der Waals surface area contributed by atoms with E-state index in [2.05, 4.69) is 18.0 Å². The summed E-state index contributed by atoms with van der Waals surface area (Å²) in [5, 5.41) is 0. The van der Waals surface area contributed by atoms with Crippen molar-refractivity contribution in [3.05, 3.63) is 53.5 Å². The van der Waals surface area contributed by atoms with E-state index in [1.165, 1.54) is 37.7 Å². The molecule has 0 saturated carbocycles. The van der Waals surface area contributed by atoms with Gasteiger partial charge in [-0.25, -0.2) is 4.39 Å². The molecule has 21 heavy (non-hydrogen) atoms. The van der Waals surface area contributed by atoms with Crippen molar-refractivity contribution in [2.24, 2.45) is 0 Å². The van der Waals surface area contributed by atoms with Crippen LogP contribution in [0, 0.1) is 12.7 Å². The van der Waals surface area contributed by atoms with Crippen molar-refractivity contribution >= 4 is 0 Å². The summed E-state index contributed by atoms with van der Waals surface area (Å²) in [6, 6.07) is 9.38. The van der Waals surface area contributed by atoms with Crippen molar-refractivity contribution in [2.45, 2.75) is 52.4 Å². The largest absolute Gasteiger partial charge is 0.256 e. The van der Waals surface area contributed by atoms with Crippen molar-refractivity contribution in [1.29, 1.82) is 0 Å². The molecule has 1 nitrogen and oxygen atoms in total. The summed E-state index contributed by atoms with van der Waals surface area (Å²) < 4.78 is 13.6. The molecule has 0 radical (unpaired) electrons. The second-order valence-electron chi connectivity index (χ2n) is 5.68. The van der Waals surface area contributed by atoms with Gasteiger partial charge in [-0.1, -0.05) is 50.8 Å². The summed E-state index contributed by atoms with van der Waals surface area (Å²) in [4.78, 5) is 4.47. The van der Waals surface area contributed by atoms with Crippen molar-refractivity contribution in [1.82, 2.24) is 4.98 Å². The molecular formula is C19H24FN. The zero-order chi connectivity index (χ0) is 15.1. The first-order chi connectivity index (χ1) is 10.2. The summed E-state index contributed by atoms with van der Waals surface area (Å²) in [6.07, 6.45) is 9.45. The average molecular weight is 285 g/mol. The van der Waals surface area contributed by atoms with Crippen molar-refractivity contribution in [3.63, 3.8) is 0 Å². The summed E-state index contributed by atoms with van der Waals surface area (Å²) in [5.74, 6) is -0.172. The Morgan fingerprint density at radius 3 is 2.48 bits per heavy atom. The smallest absolute Gasteiger partial charge is 0.126 e. The minimum absolute atomic E-state index is 0.172. The van der Waals surface area contributed by atoms with E-state index >= 15 is 0 Å². The number of rotatable bonds is 7. The Labute approximate surface area is 127 Å². The minimum atomic E-state index is -0.172. The average Bonchev–Trinajstić information content (AvgIpc) is 2.50. The van der Waals surface area contributed by atoms with E-state index in [4.69, 9.17) is 0 Å². The number of aryl methyl sites for hydroxylation is 2. The number of hydrogen-bond acceptors (Lipinski definition) is 1. The molecule has 0 atom stereocenters. The Kier molecular flexibility index (Phi) is 5.91. The highest BCUT2D eigenvalue weighted by Gasteiger charge is 2.03. The van der Waals surface area contributed by atoms with Gasteiger partial charge in [-0.2, -0.15) is 0 Å². The van der Waals surface area contributed by atoms with Gasteiger partial charge in [0.25, 0.3) is 0 Å². The molecule has 1 aromatic heterocycles. The van der Waals surface area contributed by atoms with Crippen LogP contribution in [-0.4, -0.2) is 4.98 Å². The van der Waals surface area contributed by atoms with Gasteiger partial charge in [0.2, 0.25) is 0 Å². The molecule has 0 amide bonds. The zero-order valence-corrected chi connectivity index (χ0v) is 13.0. The van der Waals surface area contributed by atoms with Gasteiger partial charge in [0, 0.05) is 11.8 Å². The van der Waals surface area contributed by atoms with E-state index in [1.54, 1.807) is 19.1 Å². The molecule has 0 aliphatic rings. The number of benzene rings is 1. The van der Waals surface area contributed by atoms with Gasteiger partial charge in [0.1, 0.15) is 5.82 Å². The molecule has 0 bridgehead atoms. The fourth-order valence-corrected chi connectivity index (χ4v) is 2.43. The second-order valence-corrected chi connectivity index (χ2v) is 5.68. The molecule has 0 aliphatic carbocycles. The van der Waals surface area contributed by atoms with E-state index in [-0.39, 0.29) is 5.82 Å². The lowest BCUT2D eigenvalue weighted by Gasteiger charge is -2.05. The van der Waals surface area contributed by atoms with Crippen LogP contribution in [0.3, 0.4) is 0 Å². The van der Waals surface area contributed by atoms with Crippen LogP contribution in [0.4, 0.5) is 4.39 Å². The molecule has 2 heteroatoms. The Hall–Kier alpha value is -1.70. The zero-order valence-electron chi connectivity index (χ0n) is 13.0. The van der Waals surface area contributed by atoms with E-state index < -0.39 is 0 Å². The quantitative estimate of drug-likeness (QED) is 0.594. The molecule has 1 heterocycles. The Morgan fingerprint density at radius 1 is 1.00 bits per heavy atom. The third kappa shape index (κ3) is 4.66. The maximum atomic E-state index is 13.6. The topological polar surface area (TPSA) is 12.9 Å². The minimum Gasteiger partial charge on any atom is -0.256 e. The molecule has 2 aromatic rings. The van der Waals surface area contributed by atoms with Crippen LogP contribution in [0.15, 0.2) is 36.5 Å². The molecule has 0 N–H and O–H groups in total. The standard InChI is InChI=1S/C19H24FN/c1-3-4-5-6-7-8-16-10-12-19(21-14-16)17-11-9-15(2)18(20)13-17/h9-14H,3-8H2,1-2H3. The maximum absolute atomic E-state index is 13.6. The van der Waals surface area contributed by atoms with Gasteiger partial charge in [-0.3, -0.25) is 4.98 Å². The van der Waals surface area contributed by atoms with Crippen molar-refractivity contribution < 1.29 is 4.39 Å². The van der Waals surface area contributed by atoms with Gasteiger partial charge in [0.15, 0.2) is 0 Å². The number of hydrogen-bond donors (Lipinski definition) is 0. The first kappa shape index (κ1) is 15.7. The number of halogens is 1. The monoisotopic (exact) mass is 285 g/mol. The predicted octanol–water partition coefficient (Wildman–Crippen LogP) is 5.71. The fourth-order valence-electron chi connectivity index (χ4n) is 2.43. The van der Waals surface area contributed by atoms with Crippen LogP contribution >= 0.6 is 0 Å². The van der Waals surface area contributed by atoms with Gasteiger partial charge < -0.3 is 0 Å². The lowest BCUT2D eigenvalue weighted by atomic mass is 10.0. The number of pyridine rings is 1.